The van der Waals surface area contributed by atoms with Crippen LogP contribution in [0.3, 0.4) is 0 Å². The van der Waals surface area contributed by atoms with Crippen LogP contribution in [0, 0.1) is 0 Å². The lowest BCUT2D eigenvalue weighted by molar-refractivity contribution is 0.708. The highest BCUT2D eigenvalue weighted by Crippen LogP contribution is 2.36. The van der Waals surface area contributed by atoms with Crippen molar-refractivity contribution in [2.24, 2.45) is 10.8 Å². The number of hydrazone groups is 1. The van der Waals surface area contributed by atoms with Gasteiger partial charge in [0.1, 0.15) is 0 Å². The fourth-order valence-corrected chi connectivity index (χ4v) is 2.87. The van der Waals surface area contributed by atoms with Crippen LogP contribution >= 0.6 is 11.6 Å². The molecule has 3 nitrogen and oxygen atoms in total. The summed E-state index contributed by atoms with van der Waals surface area (Å²) in [5.41, 5.74) is 9.10. The second kappa shape index (κ2) is 6.29. The van der Waals surface area contributed by atoms with Gasteiger partial charge >= 0.3 is 0 Å². The third-order valence-corrected chi connectivity index (χ3v) is 3.90. The number of benzene rings is 2. The summed E-state index contributed by atoms with van der Waals surface area (Å²) >= 11 is 6.12. The molecule has 3 rings (SSSR count). The Morgan fingerprint density at radius 2 is 1.95 bits per heavy atom. The van der Waals surface area contributed by atoms with Crippen molar-refractivity contribution in [1.82, 2.24) is 0 Å². The van der Waals surface area contributed by atoms with E-state index in [-0.39, 0.29) is 6.04 Å². The van der Waals surface area contributed by atoms with Crippen LogP contribution in [0.4, 0.5) is 5.69 Å². The Morgan fingerprint density at radius 1 is 1.14 bits per heavy atom. The molecule has 0 aliphatic carbocycles. The number of hydrogen-bond donors (Lipinski definition) is 1. The molecule has 108 valence electrons. The molecule has 21 heavy (non-hydrogen) atoms. The maximum Gasteiger partial charge on any atom is 0.0828 e. The standard InChI is InChI=1S/C17H18ClN3/c18-14-7-4-8-16(11-14)21-17(12-15(20-21)9-10-19)13-5-2-1-3-6-13/h1-8,11,17H,9-10,12,19H2. The fourth-order valence-electron chi connectivity index (χ4n) is 2.68. The van der Waals surface area contributed by atoms with Crippen LogP contribution < -0.4 is 10.7 Å². The number of halogens is 1. The second-order valence-electron chi connectivity index (χ2n) is 5.16. The van der Waals surface area contributed by atoms with Gasteiger partial charge in [0.25, 0.3) is 0 Å². The van der Waals surface area contributed by atoms with Gasteiger partial charge < -0.3 is 5.73 Å². The molecule has 0 spiro atoms. The highest BCUT2D eigenvalue weighted by Gasteiger charge is 2.28. The Balaban J connectivity index is 1.96. The van der Waals surface area contributed by atoms with E-state index in [1.165, 1.54) is 5.56 Å². The molecule has 1 aliphatic rings. The molecule has 0 bridgehead atoms. The van der Waals surface area contributed by atoms with E-state index in [9.17, 15) is 0 Å². The monoisotopic (exact) mass is 299 g/mol. The van der Waals surface area contributed by atoms with E-state index in [1.54, 1.807) is 0 Å². The van der Waals surface area contributed by atoms with Gasteiger partial charge in [-0.3, -0.25) is 5.01 Å². The smallest absolute Gasteiger partial charge is 0.0828 e. The molecular weight excluding hydrogens is 282 g/mol. The molecule has 2 N–H and O–H groups in total. The molecule has 4 heteroatoms. The number of hydrogen-bond acceptors (Lipinski definition) is 3. The lowest BCUT2D eigenvalue weighted by Crippen LogP contribution is -2.18. The zero-order chi connectivity index (χ0) is 14.7. The maximum atomic E-state index is 6.12. The number of rotatable bonds is 4. The van der Waals surface area contributed by atoms with E-state index in [0.717, 1.165) is 29.3 Å². The van der Waals surface area contributed by atoms with Crippen molar-refractivity contribution in [3.8, 4) is 0 Å². The largest absolute Gasteiger partial charge is 0.330 e. The molecule has 0 radical (unpaired) electrons. The molecule has 2 aromatic rings. The third kappa shape index (κ3) is 3.09. The van der Waals surface area contributed by atoms with Crippen molar-refractivity contribution in [3.63, 3.8) is 0 Å². The predicted octanol–water partition coefficient (Wildman–Crippen LogP) is 4.00. The van der Waals surface area contributed by atoms with E-state index in [1.807, 2.05) is 30.3 Å². The lowest BCUT2D eigenvalue weighted by Gasteiger charge is -2.24. The molecule has 0 saturated heterocycles. The van der Waals surface area contributed by atoms with Crippen molar-refractivity contribution < 1.29 is 0 Å². The van der Waals surface area contributed by atoms with Crippen molar-refractivity contribution in [2.75, 3.05) is 11.6 Å². The van der Waals surface area contributed by atoms with E-state index >= 15 is 0 Å². The number of anilines is 1. The molecule has 1 unspecified atom stereocenters. The summed E-state index contributed by atoms with van der Waals surface area (Å²) in [7, 11) is 0. The zero-order valence-corrected chi connectivity index (χ0v) is 12.5. The van der Waals surface area contributed by atoms with Crippen LogP contribution in [-0.4, -0.2) is 12.3 Å². The Hall–Kier alpha value is -1.84. The fraction of sp³-hybridized carbons (Fsp3) is 0.235. The van der Waals surface area contributed by atoms with E-state index in [0.29, 0.717) is 6.54 Å². The van der Waals surface area contributed by atoms with Crippen LogP contribution in [0.15, 0.2) is 59.7 Å². The van der Waals surface area contributed by atoms with Gasteiger partial charge in [-0.25, -0.2) is 0 Å². The molecule has 0 amide bonds. The van der Waals surface area contributed by atoms with E-state index in [4.69, 9.17) is 22.4 Å². The molecule has 0 saturated carbocycles. The summed E-state index contributed by atoms with van der Waals surface area (Å²) in [5.74, 6) is 0. The van der Waals surface area contributed by atoms with Gasteiger partial charge in [0.05, 0.1) is 11.7 Å². The third-order valence-electron chi connectivity index (χ3n) is 3.66. The highest BCUT2D eigenvalue weighted by atomic mass is 35.5. The SMILES string of the molecule is NCCC1=NN(c2cccc(Cl)c2)C(c2ccccc2)C1. The second-order valence-corrected chi connectivity index (χ2v) is 5.60. The normalized spacial score (nSPS) is 17.9. The average molecular weight is 300 g/mol. The van der Waals surface area contributed by atoms with Gasteiger partial charge in [0, 0.05) is 17.2 Å². The lowest BCUT2D eigenvalue weighted by atomic mass is 10.0. The molecule has 2 aromatic carbocycles. The Labute approximate surface area is 130 Å². The summed E-state index contributed by atoms with van der Waals surface area (Å²) in [4.78, 5) is 0. The van der Waals surface area contributed by atoms with Gasteiger partial charge in [0.2, 0.25) is 0 Å². The molecule has 1 heterocycles. The predicted molar refractivity (Wildman–Crippen MR) is 88.8 cm³/mol. The topological polar surface area (TPSA) is 41.6 Å². The Morgan fingerprint density at radius 3 is 2.67 bits per heavy atom. The Kier molecular flexibility index (Phi) is 4.23. The minimum atomic E-state index is 0.214. The van der Waals surface area contributed by atoms with Crippen LogP contribution in [-0.2, 0) is 0 Å². The molecule has 1 atom stereocenters. The molecule has 1 aliphatic heterocycles. The molecular formula is C17H18ClN3. The van der Waals surface area contributed by atoms with Crippen molar-refractivity contribution in [3.05, 3.63) is 65.2 Å². The first-order valence-corrected chi connectivity index (χ1v) is 7.52. The van der Waals surface area contributed by atoms with Crippen molar-refractivity contribution >= 4 is 23.0 Å². The van der Waals surface area contributed by atoms with Crippen molar-refractivity contribution in [2.45, 2.75) is 18.9 Å². The van der Waals surface area contributed by atoms with Gasteiger partial charge in [-0.1, -0.05) is 48.0 Å². The van der Waals surface area contributed by atoms with Gasteiger partial charge in [-0.2, -0.15) is 5.10 Å². The first-order valence-electron chi connectivity index (χ1n) is 7.14. The van der Waals surface area contributed by atoms with E-state index < -0.39 is 0 Å². The van der Waals surface area contributed by atoms with Crippen LogP contribution in [0.1, 0.15) is 24.4 Å². The van der Waals surface area contributed by atoms with Crippen LogP contribution in [0.25, 0.3) is 0 Å². The number of nitrogens with zero attached hydrogens (tertiary/aromatic N) is 2. The molecule has 0 aromatic heterocycles. The summed E-state index contributed by atoms with van der Waals surface area (Å²) in [5, 5.41) is 7.54. The van der Waals surface area contributed by atoms with Gasteiger partial charge in [0.15, 0.2) is 0 Å². The zero-order valence-electron chi connectivity index (χ0n) is 11.7. The maximum absolute atomic E-state index is 6.12. The first-order chi connectivity index (χ1) is 10.3. The van der Waals surface area contributed by atoms with Gasteiger partial charge in [-0.15, -0.1) is 0 Å². The summed E-state index contributed by atoms with van der Waals surface area (Å²) < 4.78 is 0. The minimum absolute atomic E-state index is 0.214. The summed E-state index contributed by atoms with van der Waals surface area (Å²) in [6.07, 6.45) is 1.74. The minimum Gasteiger partial charge on any atom is -0.330 e. The summed E-state index contributed by atoms with van der Waals surface area (Å²) in [6, 6.07) is 18.5. The summed E-state index contributed by atoms with van der Waals surface area (Å²) in [6.45, 7) is 0.629. The van der Waals surface area contributed by atoms with Crippen LogP contribution in [0.5, 0.6) is 0 Å². The van der Waals surface area contributed by atoms with E-state index in [2.05, 4.69) is 29.3 Å². The average Bonchev–Trinajstić information content (AvgIpc) is 2.93. The highest BCUT2D eigenvalue weighted by molar-refractivity contribution is 6.30. The van der Waals surface area contributed by atoms with Crippen molar-refractivity contribution in [1.29, 1.82) is 0 Å². The quantitative estimate of drug-likeness (QED) is 0.927. The number of nitrogens with two attached hydrogens (primary N) is 1. The van der Waals surface area contributed by atoms with Gasteiger partial charge in [-0.05, 0) is 36.7 Å². The van der Waals surface area contributed by atoms with Crippen LogP contribution in [0.2, 0.25) is 5.02 Å². The first kappa shape index (κ1) is 14.1. The molecule has 0 fully saturated rings. The Bertz CT molecular complexity index is 639.